The second-order valence-electron chi connectivity index (χ2n) is 7.32. The summed E-state index contributed by atoms with van der Waals surface area (Å²) >= 11 is 0. The van der Waals surface area contributed by atoms with Gasteiger partial charge < -0.3 is 9.47 Å². The van der Waals surface area contributed by atoms with E-state index in [-0.39, 0.29) is 17.2 Å². The number of nitrogens with one attached hydrogen (secondary N) is 1. The van der Waals surface area contributed by atoms with Crippen molar-refractivity contribution in [2.45, 2.75) is 102 Å². The first-order valence-electron chi connectivity index (χ1n) is 9.73. The first kappa shape index (κ1) is 18.7. The monoisotopic (exact) mass is 325 g/mol. The number of carbonyl (C=O) groups is 1. The van der Waals surface area contributed by atoms with Crippen molar-refractivity contribution in [2.24, 2.45) is 0 Å². The van der Waals surface area contributed by atoms with Gasteiger partial charge in [0.15, 0.2) is 0 Å². The molecule has 134 valence electrons. The Morgan fingerprint density at radius 2 is 1.83 bits per heavy atom. The third kappa shape index (κ3) is 5.46. The maximum absolute atomic E-state index is 11.3. The average Bonchev–Trinajstić information content (AvgIpc) is 2.91. The van der Waals surface area contributed by atoms with E-state index in [9.17, 15) is 4.79 Å². The number of hydrogen-bond acceptors (Lipinski definition) is 4. The second-order valence-corrected chi connectivity index (χ2v) is 7.32. The molecule has 2 aliphatic rings. The van der Waals surface area contributed by atoms with Gasteiger partial charge in [-0.1, -0.05) is 32.6 Å². The predicted octanol–water partition coefficient (Wildman–Crippen LogP) is 4.32. The van der Waals surface area contributed by atoms with Crippen molar-refractivity contribution >= 4 is 5.97 Å². The lowest BCUT2D eigenvalue weighted by Gasteiger charge is -2.36. The van der Waals surface area contributed by atoms with E-state index in [1.54, 1.807) is 0 Å². The maximum atomic E-state index is 11.3. The Kier molecular flexibility index (Phi) is 7.35. The lowest BCUT2D eigenvalue weighted by molar-refractivity contribution is -0.143. The topological polar surface area (TPSA) is 47.6 Å². The van der Waals surface area contributed by atoms with E-state index in [0.717, 1.165) is 25.9 Å². The number of esters is 1. The van der Waals surface area contributed by atoms with Gasteiger partial charge in [-0.05, 0) is 51.9 Å². The molecule has 4 heteroatoms. The summed E-state index contributed by atoms with van der Waals surface area (Å²) in [6.45, 7) is 5.49. The minimum absolute atomic E-state index is 0.0157. The van der Waals surface area contributed by atoms with Gasteiger partial charge in [-0.2, -0.15) is 0 Å². The minimum atomic E-state index is -0.0531. The fraction of sp³-hybridized carbons (Fsp3) is 0.947. The quantitative estimate of drug-likeness (QED) is 0.506. The van der Waals surface area contributed by atoms with Crippen molar-refractivity contribution in [1.82, 2.24) is 5.32 Å². The number of carbonyl (C=O) groups excluding carboxylic acids is 1. The van der Waals surface area contributed by atoms with E-state index in [4.69, 9.17) is 9.47 Å². The molecule has 0 radical (unpaired) electrons. The molecule has 0 aromatic carbocycles. The Morgan fingerprint density at radius 3 is 2.52 bits per heavy atom. The number of rotatable bonds is 9. The summed E-state index contributed by atoms with van der Waals surface area (Å²) < 4.78 is 11.2. The van der Waals surface area contributed by atoms with Crippen molar-refractivity contribution in [1.29, 1.82) is 0 Å². The van der Waals surface area contributed by atoms with Crippen LogP contribution >= 0.6 is 0 Å². The molecule has 2 rings (SSSR count). The van der Waals surface area contributed by atoms with Crippen LogP contribution in [0.5, 0.6) is 0 Å². The summed E-state index contributed by atoms with van der Waals surface area (Å²) in [7, 11) is 0. The van der Waals surface area contributed by atoms with E-state index in [2.05, 4.69) is 12.2 Å². The van der Waals surface area contributed by atoms with Crippen LogP contribution in [0.3, 0.4) is 0 Å². The summed E-state index contributed by atoms with van der Waals surface area (Å²) in [6, 6.07) is 0. The van der Waals surface area contributed by atoms with Crippen LogP contribution in [0.4, 0.5) is 0 Å². The first-order valence-corrected chi connectivity index (χ1v) is 9.73. The number of ether oxygens (including phenoxy) is 2. The van der Waals surface area contributed by atoms with Crippen LogP contribution in [0.2, 0.25) is 0 Å². The Bertz CT molecular complexity index is 366. The zero-order chi connectivity index (χ0) is 16.6. The zero-order valence-electron chi connectivity index (χ0n) is 15.1. The van der Waals surface area contributed by atoms with Crippen molar-refractivity contribution in [3.63, 3.8) is 0 Å². The summed E-state index contributed by atoms with van der Waals surface area (Å²) in [5, 5.41) is 3.90. The molecule has 23 heavy (non-hydrogen) atoms. The molecule has 0 aromatic heterocycles. The number of unbranched alkanes of at least 4 members (excludes halogenated alkanes) is 3. The largest absolute Gasteiger partial charge is 0.466 e. The third-order valence-electron chi connectivity index (χ3n) is 5.55. The summed E-state index contributed by atoms with van der Waals surface area (Å²) in [5.41, 5.74) is 0.163. The molecule has 1 spiro atoms. The van der Waals surface area contributed by atoms with Crippen LogP contribution in [-0.4, -0.2) is 30.4 Å². The summed E-state index contributed by atoms with van der Waals surface area (Å²) in [4.78, 5) is 11.3. The van der Waals surface area contributed by atoms with E-state index in [1.165, 1.54) is 51.4 Å². The van der Waals surface area contributed by atoms with Crippen molar-refractivity contribution in [2.75, 3.05) is 13.2 Å². The van der Waals surface area contributed by atoms with Gasteiger partial charge in [0.1, 0.15) is 5.72 Å². The van der Waals surface area contributed by atoms with Crippen LogP contribution in [0.1, 0.15) is 90.9 Å². The van der Waals surface area contributed by atoms with Crippen LogP contribution < -0.4 is 5.32 Å². The molecule has 0 aromatic rings. The lowest BCUT2D eigenvalue weighted by atomic mass is 9.87. The smallest absolute Gasteiger partial charge is 0.305 e. The molecule has 1 N–H and O–H groups in total. The maximum Gasteiger partial charge on any atom is 0.305 e. The standard InChI is InChI=1S/C19H35NO3/c1-3-18(13-9-6-5-8-12-17(21)22-4-2)16-23-19(20-18)14-10-7-11-15-19/h20H,3-16H2,1-2H3. The van der Waals surface area contributed by atoms with E-state index >= 15 is 0 Å². The van der Waals surface area contributed by atoms with Gasteiger partial charge in [0.2, 0.25) is 0 Å². The molecular formula is C19H35NO3. The molecular weight excluding hydrogens is 290 g/mol. The van der Waals surface area contributed by atoms with E-state index < -0.39 is 0 Å². The minimum Gasteiger partial charge on any atom is -0.466 e. The van der Waals surface area contributed by atoms with Gasteiger partial charge in [-0.15, -0.1) is 0 Å². The van der Waals surface area contributed by atoms with Gasteiger partial charge in [-0.25, -0.2) is 0 Å². The molecule has 1 aliphatic heterocycles. The van der Waals surface area contributed by atoms with Crippen LogP contribution in [0.25, 0.3) is 0 Å². The Hall–Kier alpha value is -0.610. The fourth-order valence-electron chi connectivity index (χ4n) is 4.05. The van der Waals surface area contributed by atoms with Gasteiger partial charge in [0.05, 0.1) is 13.2 Å². The summed E-state index contributed by atoms with van der Waals surface area (Å²) in [6.07, 6.45) is 13.6. The first-order chi connectivity index (χ1) is 11.1. The molecule has 2 fully saturated rings. The molecule has 0 bridgehead atoms. The Labute approximate surface area is 141 Å². The van der Waals surface area contributed by atoms with Crippen LogP contribution in [0, 0.1) is 0 Å². The van der Waals surface area contributed by atoms with Crippen LogP contribution in [-0.2, 0) is 14.3 Å². The second kappa shape index (κ2) is 9.03. The highest BCUT2D eigenvalue weighted by molar-refractivity contribution is 5.69. The highest BCUT2D eigenvalue weighted by Crippen LogP contribution is 2.39. The Morgan fingerprint density at radius 1 is 1.09 bits per heavy atom. The van der Waals surface area contributed by atoms with Gasteiger partial charge in [0.25, 0.3) is 0 Å². The fourth-order valence-corrected chi connectivity index (χ4v) is 4.05. The molecule has 4 nitrogen and oxygen atoms in total. The lowest BCUT2D eigenvalue weighted by Crippen LogP contribution is -2.52. The van der Waals surface area contributed by atoms with Crippen molar-refractivity contribution in [3.05, 3.63) is 0 Å². The highest BCUT2D eigenvalue weighted by Gasteiger charge is 2.47. The van der Waals surface area contributed by atoms with Crippen molar-refractivity contribution in [3.8, 4) is 0 Å². The van der Waals surface area contributed by atoms with Gasteiger partial charge >= 0.3 is 5.97 Å². The molecule has 1 aliphatic carbocycles. The average molecular weight is 325 g/mol. The molecule has 1 heterocycles. The normalized spacial score (nSPS) is 26.5. The van der Waals surface area contributed by atoms with Gasteiger partial charge in [0, 0.05) is 12.0 Å². The molecule has 1 saturated heterocycles. The third-order valence-corrected chi connectivity index (χ3v) is 5.55. The van der Waals surface area contributed by atoms with Gasteiger partial charge in [-0.3, -0.25) is 10.1 Å². The molecule has 1 atom stereocenters. The van der Waals surface area contributed by atoms with Crippen LogP contribution in [0.15, 0.2) is 0 Å². The highest BCUT2D eigenvalue weighted by atomic mass is 16.5. The van der Waals surface area contributed by atoms with Crippen molar-refractivity contribution < 1.29 is 14.3 Å². The zero-order valence-corrected chi connectivity index (χ0v) is 15.1. The predicted molar refractivity (Wildman–Crippen MR) is 92.3 cm³/mol. The molecule has 1 unspecified atom stereocenters. The summed E-state index contributed by atoms with van der Waals surface area (Å²) in [5.74, 6) is -0.0531. The molecule has 0 amide bonds. The SMILES string of the molecule is CCOC(=O)CCCCCCC1(CC)COC2(CCCCC2)N1. The van der Waals surface area contributed by atoms with E-state index in [0.29, 0.717) is 13.0 Å². The molecule has 1 saturated carbocycles. The number of hydrogen-bond donors (Lipinski definition) is 1. The van der Waals surface area contributed by atoms with E-state index in [1.807, 2.05) is 6.92 Å². The Balaban J connectivity index is 1.64.